The highest BCUT2D eigenvalue weighted by Crippen LogP contribution is 2.29. The molecule has 0 bridgehead atoms. The summed E-state index contributed by atoms with van der Waals surface area (Å²) in [7, 11) is 0. The molecular weight excluding hydrogens is 357 g/mol. The number of nitrogen functional groups attached to an aromatic ring is 1. The van der Waals surface area contributed by atoms with Gasteiger partial charge in [0.1, 0.15) is 11.6 Å². The fraction of sp³-hybridized carbons (Fsp3) is 0.0476. The van der Waals surface area contributed by atoms with Gasteiger partial charge in [-0.25, -0.2) is 14.2 Å². The van der Waals surface area contributed by atoms with Gasteiger partial charge in [-0.2, -0.15) is 0 Å². The molecule has 0 saturated carbocycles. The molecule has 2 aromatic heterocycles. The summed E-state index contributed by atoms with van der Waals surface area (Å²) in [5.74, 6) is 0.886. The van der Waals surface area contributed by atoms with Gasteiger partial charge in [-0.3, -0.25) is 0 Å². The molecule has 0 aliphatic carbocycles. The van der Waals surface area contributed by atoms with Crippen LogP contribution in [0.4, 0.5) is 26.4 Å². The van der Waals surface area contributed by atoms with Crippen LogP contribution in [-0.4, -0.2) is 15.4 Å². The Labute approximate surface area is 160 Å². The normalized spacial score (nSPS) is 10.8. The van der Waals surface area contributed by atoms with E-state index in [2.05, 4.69) is 15.6 Å². The number of hydrogen-bond donors (Lipinski definition) is 3. The van der Waals surface area contributed by atoms with Crippen LogP contribution in [0.5, 0.6) is 0 Å². The summed E-state index contributed by atoms with van der Waals surface area (Å²) in [5.41, 5.74) is 9.82. The number of nitrogens with two attached hydrogens (primary N) is 1. The third-order valence-electron chi connectivity index (χ3n) is 4.40. The van der Waals surface area contributed by atoms with E-state index in [0.29, 0.717) is 17.2 Å². The minimum atomic E-state index is -0.448. The molecule has 0 atom stereocenters. The number of benzene rings is 2. The maximum atomic E-state index is 13.2. The number of carbonyl (C=O) groups excluding carboxylic acids is 1. The van der Waals surface area contributed by atoms with Gasteiger partial charge in [0, 0.05) is 23.1 Å². The monoisotopic (exact) mass is 375 g/mol. The van der Waals surface area contributed by atoms with Crippen LogP contribution in [0.2, 0.25) is 0 Å². The largest absolute Gasteiger partial charge is 0.382 e. The maximum Gasteiger partial charge on any atom is 0.323 e. The third kappa shape index (κ3) is 3.37. The number of rotatable bonds is 3. The van der Waals surface area contributed by atoms with E-state index >= 15 is 0 Å². The van der Waals surface area contributed by atoms with Crippen LogP contribution in [0, 0.1) is 12.7 Å². The van der Waals surface area contributed by atoms with E-state index in [4.69, 9.17) is 5.73 Å². The minimum Gasteiger partial charge on any atom is -0.382 e. The van der Waals surface area contributed by atoms with Crippen molar-refractivity contribution in [1.82, 2.24) is 9.38 Å². The molecule has 140 valence electrons. The predicted octanol–water partition coefficient (Wildman–Crippen LogP) is 4.68. The summed E-state index contributed by atoms with van der Waals surface area (Å²) in [5, 5.41) is 5.32. The smallest absolute Gasteiger partial charge is 0.323 e. The van der Waals surface area contributed by atoms with Gasteiger partial charge in [0.05, 0.1) is 5.52 Å². The summed E-state index contributed by atoms with van der Waals surface area (Å²) < 4.78 is 15.2. The van der Waals surface area contributed by atoms with Crippen molar-refractivity contribution in [3.05, 3.63) is 78.5 Å². The topological polar surface area (TPSA) is 84.4 Å². The highest BCUT2D eigenvalue weighted by Gasteiger charge is 2.11. The fourth-order valence-electron chi connectivity index (χ4n) is 3.15. The molecule has 4 rings (SSSR count). The van der Waals surface area contributed by atoms with Gasteiger partial charge in [0.15, 0.2) is 5.82 Å². The molecule has 0 radical (unpaired) electrons. The van der Waals surface area contributed by atoms with Gasteiger partial charge in [-0.05, 0) is 48.9 Å². The number of carbonyl (C=O) groups is 1. The zero-order valence-electron chi connectivity index (χ0n) is 15.1. The number of aromatic nitrogens is 2. The van der Waals surface area contributed by atoms with Crippen molar-refractivity contribution in [2.45, 2.75) is 6.92 Å². The van der Waals surface area contributed by atoms with Crippen LogP contribution in [0.25, 0.3) is 16.6 Å². The lowest BCUT2D eigenvalue weighted by Crippen LogP contribution is -2.19. The van der Waals surface area contributed by atoms with Crippen LogP contribution in [0.3, 0.4) is 0 Å². The summed E-state index contributed by atoms with van der Waals surface area (Å²) >= 11 is 0. The Balaban J connectivity index is 1.54. The lowest BCUT2D eigenvalue weighted by atomic mass is 10.1. The number of amides is 2. The average Bonchev–Trinajstić information content (AvgIpc) is 2.96. The lowest BCUT2D eigenvalue weighted by Gasteiger charge is -2.10. The van der Waals surface area contributed by atoms with Crippen molar-refractivity contribution in [3.8, 4) is 11.1 Å². The van der Waals surface area contributed by atoms with Crippen molar-refractivity contribution >= 4 is 28.7 Å². The number of fused-ring (bicyclic) bond motifs is 1. The Morgan fingerprint density at radius 2 is 1.79 bits per heavy atom. The van der Waals surface area contributed by atoms with Crippen molar-refractivity contribution in [3.63, 3.8) is 0 Å². The molecule has 7 heteroatoms. The molecule has 2 heterocycles. The number of imidazole rings is 1. The van der Waals surface area contributed by atoms with Crippen LogP contribution in [0.15, 0.2) is 66.9 Å². The molecule has 0 aliphatic heterocycles. The quantitative estimate of drug-likeness (QED) is 0.486. The molecular formula is C21H18FN5O. The first-order valence-corrected chi connectivity index (χ1v) is 8.68. The average molecular weight is 375 g/mol. The van der Waals surface area contributed by atoms with E-state index < -0.39 is 11.8 Å². The molecule has 4 N–H and O–H groups in total. The van der Waals surface area contributed by atoms with E-state index in [1.54, 1.807) is 18.2 Å². The standard InChI is InChI=1S/C21H18FN5O/c1-13-24-20(23)19-18(6-3-11-27(13)19)14-7-9-16(10-8-14)25-21(28)26-17-5-2-4-15(22)12-17/h2-12H,23H2,1H3,(H2,25,26,28). The molecule has 0 aliphatic rings. The molecule has 0 unspecified atom stereocenters. The third-order valence-corrected chi connectivity index (χ3v) is 4.40. The van der Waals surface area contributed by atoms with Gasteiger partial charge in [0.2, 0.25) is 0 Å². The van der Waals surface area contributed by atoms with Crippen molar-refractivity contribution in [2.24, 2.45) is 0 Å². The van der Waals surface area contributed by atoms with E-state index in [1.807, 2.05) is 41.8 Å². The predicted molar refractivity (Wildman–Crippen MR) is 109 cm³/mol. The number of pyridine rings is 1. The Morgan fingerprint density at radius 3 is 2.54 bits per heavy atom. The van der Waals surface area contributed by atoms with Crippen molar-refractivity contribution in [2.75, 3.05) is 16.4 Å². The van der Waals surface area contributed by atoms with Crippen LogP contribution < -0.4 is 16.4 Å². The number of nitrogens with zero attached hydrogens (tertiary/aromatic N) is 2. The van der Waals surface area contributed by atoms with Gasteiger partial charge in [-0.15, -0.1) is 0 Å². The molecule has 0 saturated heterocycles. The Hall–Kier alpha value is -3.87. The number of urea groups is 1. The Morgan fingerprint density at radius 1 is 1.04 bits per heavy atom. The number of anilines is 3. The first-order valence-electron chi connectivity index (χ1n) is 8.68. The zero-order valence-corrected chi connectivity index (χ0v) is 15.1. The second kappa shape index (κ2) is 7.03. The van der Waals surface area contributed by atoms with Crippen molar-refractivity contribution in [1.29, 1.82) is 0 Å². The zero-order chi connectivity index (χ0) is 19.7. The second-order valence-corrected chi connectivity index (χ2v) is 6.35. The van der Waals surface area contributed by atoms with E-state index in [-0.39, 0.29) is 0 Å². The first-order chi connectivity index (χ1) is 13.5. The van der Waals surface area contributed by atoms with Crippen LogP contribution >= 0.6 is 0 Å². The van der Waals surface area contributed by atoms with E-state index in [1.165, 1.54) is 18.2 Å². The first kappa shape index (κ1) is 17.5. The Bertz CT molecular complexity index is 1170. The van der Waals surface area contributed by atoms with E-state index in [0.717, 1.165) is 22.5 Å². The summed E-state index contributed by atoms with van der Waals surface area (Å²) in [4.78, 5) is 16.4. The fourth-order valence-corrected chi connectivity index (χ4v) is 3.15. The summed E-state index contributed by atoms with van der Waals surface area (Å²) in [6.45, 7) is 1.90. The molecule has 6 nitrogen and oxygen atoms in total. The maximum absolute atomic E-state index is 13.2. The Kier molecular flexibility index (Phi) is 4.41. The minimum absolute atomic E-state index is 0.382. The summed E-state index contributed by atoms with van der Waals surface area (Å²) in [6.07, 6.45) is 1.92. The van der Waals surface area contributed by atoms with Crippen molar-refractivity contribution < 1.29 is 9.18 Å². The molecule has 2 aromatic carbocycles. The number of hydrogen-bond acceptors (Lipinski definition) is 3. The van der Waals surface area contributed by atoms with Gasteiger partial charge >= 0.3 is 6.03 Å². The lowest BCUT2D eigenvalue weighted by molar-refractivity contribution is 0.262. The molecule has 28 heavy (non-hydrogen) atoms. The molecule has 0 spiro atoms. The highest BCUT2D eigenvalue weighted by molar-refractivity contribution is 6.00. The summed E-state index contributed by atoms with van der Waals surface area (Å²) in [6, 6.07) is 16.6. The molecule has 0 fully saturated rings. The second-order valence-electron chi connectivity index (χ2n) is 6.35. The van der Waals surface area contributed by atoms with Gasteiger partial charge in [-0.1, -0.05) is 24.3 Å². The van der Waals surface area contributed by atoms with E-state index in [9.17, 15) is 9.18 Å². The van der Waals surface area contributed by atoms with Gasteiger partial charge < -0.3 is 20.8 Å². The van der Waals surface area contributed by atoms with Gasteiger partial charge in [0.25, 0.3) is 0 Å². The number of aryl methyl sites for hydroxylation is 1. The van der Waals surface area contributed by atoms with Crippen LogP contribution in [-0.2, 0) is 0 Å². The SMILES string of the molecule is Cc1nc(N)c2c(-c3ccc(NC(=O)Nc4cccc(F)c4)cc3)cccn12. The number of nitrogens with one attached hydrogen (secondary N) is 2. The molecule has 4 aromatic rings. The molecule has 2 amide bonds. The highest BCUT2D eigenvalue weighted by atomic mass is 19.1. The van der Waals surface area contributed by atoms with Crippen LogP contribution in [0.1, 0.15) is 5.82 Å². The number of halogens is 1.